The third kappa shape index (κ3) is 2.63. The summed E-state index contributed by atoms with van der Waals surface area (Å²) in [5.41, 5.74) is 0. The monoisotopic (exact) mass is 241 g/mol. The Morgan fingerprint density at radius 1 is 1.18 bits per heavy atom. The van der Waals surface area contributed by atoms with Crippen LogP contribution < -0.4 is 5.32 Å². The van der Waals surface area contributed by atoms with Gasteiger partial charge in [-0.15, -0.1) is 0 Å². The molecule has 1 amide bonds. The van der Waals surface area contributed by atoms with Crippen LogP contribution in [0.1, 0.15) is 32.6 Å². The maximum absolute atomic E-state index is 12.1. The summed E-state index contributed by atoms with van der Waals surface area (Å²) in [4.78, 5) is 12.1. The molecule has 4 heteroatoms. The van der Waals surface area contributed by atoms with E-state index >= 15 is 0 Å². The highest BCUT2D eigenvalue weighted by molar-refractivity contribution is 5.82. The van der Waals surface area contributed by atoms with Crippen molar-refractivity contribution in [2.75, 3.05) is 14.2 Å². The van der Waals surface area contributed by atoms with Gasteiger partial charge in [0.2, 0.25) is 5.91 Å². The van der Waals surface area contributed by atoms with Crippen molar-refractivity contribution in [3.63, 3.8) is 0 Å². The number of hydrogen-bond acceptors (Lipinski definition) is 3. The Morgan fingerprint density at radius 3 is 2.18 bits per heavy atom. The Kier molecular flexibility index (Phi) is 4.05. The molecular weight excluding hydrogens is 218 g/mol. The number of carbonyl (C=O) groups is 1. The molecule has 0 saturated heterocycles. The minimum atomic E-state index is -0.361. The van der Waals surface area contributed by atoms with Crippen molar-refractivity contribution in [3.8, 4) is 0 Å². The van der Waals surface area contributed by atoms with E-state index in [-0.39, 0.29) is 24.2 Å². The Bertz CT molecular complexity index is 266. The Hall–Kier alpha value is -0.610. The van der Waals surface area contributed by atoms with Crippen molar-refractivity contribution in [1.29, 1.82) is 0 Å². The molecule has 1 N–H and O–H groups in total. The number of nitrogens with one attached hydrogen (secondary N) is 1. The van der Waals surface area contributed by atoms with Crippen LogP contribution in [0.25, 0.3) is 0 Å². The summed E-state index contributed by atoms with van der Waals surface area (Å²) in [7, 11) is 3.18. The van der Waals surface area contributed by atoms with Crippen molar-refractivity contribution in [2.24, 2.45) is 17.8 Å². The average molecular weight is 241 g/mol. The molecule has 2 aliphatic carbocycles. The van der Waals surface area contributed by atoms with E-state index in [0.717, 1.165) is 0 Å². The van der Waals surface area contributed by atoms with E-state index in [0.29, 0.717) is 11.8 Å². The molecule has 0 aliphatic heterocycles. The molecule has 0 aromatic heterocycles. The molecule has 0 radical (unpaired) electrons. The van der Waals surface area contributed by atoms with Gasteiger partial charge in [-0.05, 0) is 31.6 Å². The SMILES string of the molecule is COC(OC)C(C)NC(=O)C1C2CCCCC21. The summed E-state index contributed by atoms with van der Waals surface area (Å²) in [6, 6.07) is -0.0971. The summed E-state index contributed by atoms with van der Waals surface area (Å²) >= 11 is 0. The van der Waals surface area contributed by atoms with Gasteiger partial charge in [-0.25, -0.2) is 0 Å². The van der Waals surface area contributed by atoms with Crippen LogP contribution in [0.3, 0.4) is 0 Å². The summed E-state index contributed by atoms with van der Waals surface area (Å²) in [6.07, 6.45) is 4.68. The lowest BCUT2D eigenvalue weighted by Gasteiger charge is -2.22. The maximum Gasteiger partial charge on any atom is 0.224 e. The first-order chi connectivity index (χ1) is 8.19. The number of amides is 1. The van der Waals surface area contributed by atoms with Gasteiger partial charge in [0.05, 0.1) is 6.04 Å². The van der Waals surface area contributed by atoms with E-state index in [9.17, 15) is 4.79 Å². The van der Waals surface area contributed by atoms with Gasteiger partial charge in [-0.2, -0.15) is 0 Å². The lowest BCUT2D eigenvalue weighted by molar-refractivity contribution is -0.137. The van der Waals surface area contributed by atoms with Gasteiger partial charge in [-0.3, -0.25) is 4.79 Å². The van der Waals surface area contributed by atoms with Gasteiger partial charge in [0.25, 0.3) is 0 Å². The molecule has 3 unspecified atom stereocenters. The standard InChI is InChI=1S/C13H23NO3/c1-8(13(16-2)17-3)14-12(15)11-9-6-4-5-7-10(9)11/h8-11,13H,4-7H2,1-3H3,(H,14,15). The second-order valence-electron chi connectivity index (χ2n) is 5.28. The Labute approximate surface area is 103 Å². The molecule has 0 aromatic carbocycles. The molecule has 0 bridgehead atoms. The Morgan fingerprint density at radius 2 is 1.71 bits per heavy atom. The normalized spacial score (nSPS) is 33.1. The van der Waals surface area contributed by atoms with Gasteiger partial charge >= 0.3 is 0 Å². The first kappa shape index (κ1) is 12.8. The molecule has 2 saturated carbocycles. The molecule has 2 fully saturated rings. The third-order valence-electron chi connectivity index (χ3n) is 4.20. The van der Waals surface area contributed by atoms with Crippen molar-refractivity contribution in [2.45, 2.75) is 44.9 Å². The fourth-order valence-electron chi connectivity index (χ4n) is 3.27. The smallest absolute Gasteiger partial charge is 0.224 e. The van der Waals surface area contributed by atoms with Crippen LogP contribution in [0.4, 0.5) is 0 Å². The second-order valence-corrected chi connectivity index (χ2v) is 5.28. The van der Waals surface area contributed by atoms with E-state index in [1.807, 2.05) is 6.92 Å². The van der Waals surface area contributed by atoms with Crippen LogP contribution in [0.5, 0.6) is 0 Å². The van der Waals surface area contributed by atoms with Crippen molar-refractivity contribution in [3.05, 3.63) is 0 Å². The number of hydrogen-bond donors (Lipinski definition) is 1. The van der Waals surface area contributed by atoms with Gasteiger partial charge in [0.1, 0.15) is 0 Å². The first-order valence-corrected chi connectivity index (χ1v) is 6.55. The predicted molar refractivity (Wildman–Crippen MR) is 64.3 cm³/mol. The zero-order chi connectivity index (χ0) is 12.4. The summed E-state index contributed by atoms with van der Waals surface area (Å²) in [6.45, 7) is 1.92. The van der Waals surface area contributed by atoms with Crippen LogP contribution in [0, 0.1) is 17.8 Å². The number of ether oxygens (including phenoxy) is 2. The summed E-state index contributed by atoms with van der Waals surface area (Å²) < 4.78 is 10.3. The van der Waals surface area contributed by atoms with Crippen molar-refractivity contribution in [1.82, 2.24) is 5.32 Å². The molecule has 0 aromatic rings. The lowest BCUT2D eigenvalue weighted by Crippen LogP contribution is -2.43. The van der Waals surface area contributed by atoms with Crippen LogP contribution >= 0.6 is 0 Å². The molecule has 4 nitrogen and oxygen atoms in total. The fourth-order valence-corrected chi connectivity index (χ4v) is 3.27. The molecule has 17 heavy (non-hydrogen) atoms. The predicted octanol–water partition coefficient (Wildman–Crippen LogP) is 1.55. The van der Waals surface area contributed by atoms with Crippen LogP contribution in [-0.4, -0.2) is 32.5 Å². The van der Waals surface area contributed by atoms with Crippen LogP contribution in [0.15, 0.2) is 0 Å². The van der Waals surface area contributed by atoms with E-state index in [2.05, 4.69) is 5.32 Å². The average Bonchev–Trinajstić information content (AvgIpc) is 3.04. The third-order valence-corrected chi connectivity index (χ3v) is 4.20. The second kappa shape index (κ2) is 5.36. The minimum absolute atomic E-state index is 0.0971. The maximum atomic E-state index is 12.1. The van der Waals surface area contributed by atoms with Gasteiger partial charge in [0.15, 0.2) is 6.29 Å². The number of carbonyl (C=O) groups excluding carboxylic acids is 1. The van der Waals surface area contributed by atoms with Crippen molar-refractivity contribution < 1.29 is 14.3 Å². The minimum Gasteiger partial charge on any atom is -0.354 e. The molecule has 98 valence electrons. The van der Waals surface area contributed by atoms with E-state index in [4.69, 9.17) is 9.47 Å². The molecular formula is C13H23NO3. The summed E-state index contributed by atoms with van der Waals surface area (Å²) in [5.74, 6) is 1.75. The van der Waals surface area contributed by atoms with E-state index in [1.165, 1.54) is 25.7 Å². The molecule has 2 aliphatic rings. The number of methoxy groups -OCH3 is 2. The lowest BCUT2D eigenvalue weighted by atomic mass is 10.0. The zero-order valence-electron chi connectivity index (χ0n) is 10.9. The fraction of sp³-hybridized carbons (Fsp3) is 0.923. The first-order valence-electron chi connectivity index (χ1n) is 6.55. The number of rotatable bonds is 5. The molecule has 3 atom stereocenters. The topological polar surface area (TPSA) is 47.6 Å². The van der Waals surface area contributed by atoms with E-state index in [1.54, 1.807) is 14.2 Å². The largest absolute Gasteiger partial charge is 0.354 e. The highest BCUT2D eigenvalue weighted by atomic mass is 16.7. The van der Waals surface area contributed by atoms with Crippen molar-refractivity contribution >= 4 is 5.91 Å². The zero-order valence-corrected chi connectivity index (χ0v) is 10.9. The Balaban J connectivity index is 1.81. The highest BCUT2D eigenvalue weighted by Crippen LogP contribution is 2.55. The molecule has 0 heterocycles. The summed E-state index contributed by atoms with van der Waals surface area (Å²) in [5, 5.41) is 3.01. The van der Waals surface area contributed by atoms with Gasteiger partial charge in [0, 0.05) is 20.1 Å². The van der Waals surface area contributed by atoms with E-state index < -0.39 is 0 Å². The molecule has 0 spiro atoms. The van der Waals surface area contributed by atoms with Gasteiger partial charge < -0.3 is 14.8 Å². The number of fused-ring (bicyclic) bond motifs is 1. The highest BCUT2D eigenvalue weighted by Gasteiger charge is 2.54. The quantitative estimate of drug-likeness (QED) is 0.743. The molecule has 2 rings (SSSR count). The van der Waals surface area contributed by atoms with Crippen LogP contribution in [-0.2, 0) is 14.3 Å². The van der Waals surface area contributed by atoms with Crippen LogP contribution in [0.2, 0.25) is 0 Å². The van der Waals surface area contributed by atoms with Gasteiger partial charge in [-0.1, -0.05) is 12.8 Å².